The first-order valence-electron chi connectivity index (χ1n) is 8.89. The molecule has 1 aliphatic heterocycles. The molecule has 4 rings (SSSR count). The van der Waals surface area contributed by atoms with Gasteiger partial charge in [-0.05, 0) is 42.7 Å². The molecule has 1 atom stereocenters. The van der Waals surface area contributed by atoms with Crippen molar-refractivity contribution in [3.05, 3.63) is 53.7 Å². The highest BCUT2D eigenvalue weighted by Gasteiger charge is 2.24. The number of nitrogens with one attached hydrogen (secondary N) is 1. The number of aromatic nitrogens is 2. The summed E-state index contributed by atoms with van der Waals surface area (Å²) < 4.78 is 5.48. The molecule has 134 valence electrons. The first-order chi connectivity index (χ1) is 12.6. The normalized spacial score (nSPS) is 17.0. The Labute approximate surface area is 152 Å². The molecule has 1 amide bonds. The van der Waals surface area contributed by atoms with Gasteiger partial charge < -0.3 is 14.6 Å². The van der Waals surface area contributed by atoms with Crippen molar-refractivity contribution < 1.29 is 9.21 Å². The van der Waals surface area contributed by atoms with Gasteiger partial charge in [0, 0.05) is 32.3 Å². The van der Waals surface area contributed by atoms with Crippen LogP contribution in [0.4, 0.5) is 5.69 Å². The van der Waals surface area contributed by atoms with Gasteiger partial charge in [-0.2, -0.15) is 0 Å². The van der Waals surface area contributed by atoms with Crippen LogP contribution >= 0.6 is 0 Å². The molecular weight excluding hydrogens is 328 g/mol. The van der Waals surface area contributed by atoms with Gasteiger partial charge in [0.1, 0.15) is 5.52 Å². The molecule has 0 unspecified atom stereocenters. The van der Waals surface area contributed by atoms with Crippen molar-refractivity contribution in [2.45, 2.75) is 32.7 Å². The summed E-state index contributed by atoms with van der Waals surface area (Å²) in [6, 6.07) is 8.02. The molecule has 0 aliphatic carbocycles. The maximum Gasteiger partial charge on any atom is 0.224 e. The van der Waals surface area contributed by atoms with Crippen LogP contribution in [0.3, 0.4) is 0 Å². The lowest BCUT2D eigenvalue weighted by molar-refractivity contribution is -0.121. The van der Waals surface area contributed by atoms with Crippen LogP contribution in [0.25, 0.3) is 11.1 Å². The van der Waals surface area contributed by atoms with E-state index < -0.39 is 0 Å². The molecule has 1 aromatic carbocycles. The van der Waals surface area contributed by atoms with Crippen LogP contribution in [0.15, 0.2) is 41.1 Å². The molecule has 2 aromatic heterocycles. The summed E-state index contributed by atoms with van der Waals surface area (Å²) in [7, 11) is 0. The van der Waals surface area contributed by atoms with Gasteiger partial charge in [-0.3, -0.25) is 9.78 Å². The Bertz CT molecular complexity index is 950. The van der Waals surface area contributed by atoms with Crippen molar-refractivity contribution in [3.8, 4) is 0 Å². The molecule has 1 N–H and O–H groups in total. The highest BCUT2D eigenvalue weighted by atomic mass is 16.3. The van der Waals surface area contributed by atoms with Crippen LogP contribution in [-0.4, -0.2) is 35.0 Å². The summed E-state index contributed by atoms with van der Waals surface area (Å²) in [5.41, 5.74) is 4.76. The number of rotatable bonds is 4. The summed E-state index contributed by atoms with van der Waals surface area (Å²) in [5, 5.41) is 3.15. The molecular formula is C20H22N4O2. The van der Waals surface area contributed by atoms with E-state index in [1.807, 2.05) is 44.4 Å². The first kappa shape index (κ1) is 16.6. The number of carbonyl (C=O) groups is 1. The van der Waals surface area contributed by atoms with Crippen molar-refractivity contribution in [1.29, 1.82) is 0 Å². The largest absolute Gasteiger partial charge is 0.441 e. The fourth-order valence-electron chi connectivity index (χ4n) is 3.49. The van der Waals surface area contributed by atoms with Crippen LogP contribution in [0.1, 0.15) is 23.4 Å². The van der Waals surface area contributed by atoms with E-state index in [4.69, 9.17) is 4.42 Å². The molecule has 6 heteroatoms. The minimum Gasteiger partial charge on any atom is -0.441 e. The van der Waals surface area contributed by atoms with Gasteiger partial charge in [-0.15, -0.1) is 0 Å². The van der Waals surface area contributed by atoms with E-state index in [2.05, 4.69) is 26.3 Å². The number of fused-ring (bicyclic) bond motifs is 1. The van der Waals surface area contributed by atoms with Crippen LogP contribution < -0.4 is 10.2 Å². The van der Waals surface area contributed by atoms with E-state index in [1.165, 1.54) is 0 Å². The number of oxazole rings is 1. The van der Waals surface area contributed by atoms with E-state index in [9.17, 15) is 4.79 Å². The first-order valence-corrected chi connectivity index (χ1v) is 8.89. The highest BCUT2D eigenvalue weighted by Crippen LogP contribution is 2.21. The van der Waals surface area contributed by atoms with Crippen LogP contribution in [0, 0.1) is 13.8 Å². The van der Waals surface area contributed by atoms with Crippen molar-refractivity contribution in [2.75, 3.05) is 18.0 Å². The van der Waals surface area contributed by atoms with Gasteiger partial charge in [0.25, 0.3) is 0 Å². The Hall–Kier alpha value is -2.89. The van der Waals surface area contributed by atoms with Gasteiger partial charge >= 0.3 is 0 Å². The van der Waals surface area contributed by atoms with Crippen molar-refractivity contribution >= 4 is 22.7 Å². The van der Waals surface area contributed by atoms with Gasteiger partial charge in [0.2, 0.25) is 5.91 Å². The number of hydrogen-bond acceptors (Lipinski definition) is 5. The quantitative estimate of drug-likeness (QED) is 0.783. The van der Waals surface area contributed by atoms with E-state index in [0.717, 1.165) is 47.4 Å². The fraction of sp³-hybridized carbons (Fsp3) is 0.350. The molecule has 26 heavy (non-hydrogen) atoms. The molecule has 0 bridgehead atoms. The lowest BCUT2D eigenvalue weighted by Gasteiger charge is -2.19. The zero-order chi connectivity index (χ0) is 18.1. The molecule has 1 fully saturated rings. The van der Waals surface area contributed by atoms with Crippen LogP contribution in [0.2, 0.25) is 0 Å². The number of hydrogen-bond donors (Lipinski definition) is 1. The number of aryl methyl sites for hydroxylation is 2. The minimum atomic E-state index is 0.0405. The lowest BCUT2D eigenvalue weighted by Crippen LogP contribution is -2.38. The van der Waals surface area contributed by atoms with Crippen LogP contribution in [0.5, 0.6) is 0 Å². The topological polar surface area (TPSA) is 71.3 Å². The molecule has 3 heterocycles. The van der Waals surface area contributed by atoms with Crippen molar-refractivity contribution in [3.63, 3.8) is 0 Å². The summed E-state index contributed by atoms with van der Waals surface area (Å²) >= 11 is 0. The Morgan fingerprint density at radius 2 is 2.19 bits per heavy atom. The average Bonchev–Trinajstić information content (AvgIpc) is 3.20. The predicted octanol–water partition coefficient (Wildman–Crippen LogP) is 2.78. The Balaban J connectivity index is 1.36. The number of amides is 1. The predicted molar refractivity (Wildman–Crippen MR) is 100 cm³/mol. The third kappa shape index (κ3) is 3.54. The van der Waals surface area contributed by atoms with Crippen LogP contribution in [-0.2, 0) is 11.2 Å². The molecule has 6 nitrogen and oxygen atoms in total. The second kappa shape index (κ2) is 6.78. The molecule has 0 saturated carbocycles. The zero-order valence-electron chi connectivity index (χ0n) is 15.0. The van der Waals surface area contributed by atoms with Gasteiger partial charge in [-0.1, -0.05) is 6.07 Å². The lowest BCUT2D eigenvalue weighted by atomic mass is 10.1. The molecule has 3 aromatic rings. The molecule has 1 aliphatic rings. The van der Waals surface area contributed by atoms with Gasteiger partial charge in [-0.25, -0.2) is 4.98 Å². The smallest absolute Gasteiger partial charge is 0.224 e. The minimum absolute atomic E-state index is 0.0405. The summed E-state index contributed by atoms with van der Waals surface area (Å²) in [6.07, 6.45) is 5.03. The van der Waals surface area contributed by atoms with E-state index in [1.54, 1.807) is 0 Å². The van der Waals surface area contributed by atoms with E-state index in [-0.39, 0.29) is 11.9 Å². The maximum absolute atomic E-state index is 12.4. The number of benzene rings is 1. The van der Waals surface area contributed by atoms with E-state index >= 15 is 0 Å². The Morgan fingerprint density at radius 3 is 3.04 bits per heavy atom. The van der Waals surface area contributed by atoms with Crippen molar-refractivity contribution in [2.24, 2.45) is 0 Å². The van der Waals surface area contributed by atoms with Gasteiger partial charge in [0.05, 0.1) is 18.3 Å². The second-order valence-electron chi connectivity index (χ2n) is 6.93. The Morgan fingerprint density at radius 1 is 1.31 bits per heavy atom. The number of anilines is 1. The summed E-state index contributed by atoms with van der Waals surface area (Å²) in [6.45, 7) is 5.61. The highest BCUT2D eigenvalue weighted by molar-refractivity contribution is 5.81. The maximum atomic E-state index is 12.4. The number of carbonyl (C=O) groups excluding carboxylic acids is 1. The Kier molecular flexibility index (Phi) is 4.32. The van der Waals surface area contributed by atoms with Crippen molar-refractivity contribution in [1.82, 2.24) is 15.3 Å². The number of pyridine rings is 1. The average molecular weight is 350 g/mol. The third-order valence-electron chi connectivity index (χ3n) is 4.70. The zero-order valence-corrected chi connectivity index (χ0v) is 15.0. The second-order valence-corrected chi connectivity index (χ2v) is 6.93. The number of nitrogens with zero attached hydrogens (tertiary/aromatic N) is 3. The molecule has 0 radical (unpaired) electrons. The molecule has 1 saturated heterocycles. The van der Waals surface area contributed by atoms with Gasteiger partial charge in [0.15, 0.2) is 11.5 Å². The summed E-state index contributed by atoms with van der Waals surface area (Å²) in [5.74, 6) is 0.678. The molecule has 0 spiro atoms. The van der Waals surface area contributed by atoms with E-state index in [0.29, 0.717) is 12.3 Å². The standard InChI is InChI=1S/C20H22N4O2/c1-13-7-17(11-21-10-13)24-6-5-16(12-24)23-20(25)9-15-3-4-19-18(8-15)22-14(2)26-19/h3-4,7-8,10-11,16H,5-6,9,12H2,1-2H3,(H,23,25)/t16-/m1/s1. The monoisotopic (exact) mass is 350 g/mol. The third-order valence-corrected chi connectivity index (χ3v) is 4.70. The summed E-state index contributed by atoms with van der Waals surface area (Å²) in [4.78, 5) is 23.3. The SMILES string of the molecule is Cc1cncc(N2CC[C@@H](NC(=O)Cc3ccc4oc(C)nc4c3)C2)c1. The fourth-order valence-corrected chi connectivity index (χ4v) is 3.49.